The average molecular weight is 226 g/mol. The number of hydrogen-bond acceptors (Lipinski definition) is 3. The van der Waals surface area contributed by atoms with Crippen LogP contribution in [0.1, 0.15) is 32.6 Å². The van der Waals surface area contributed by atoms with Crippen molar-refractivity contribution >= 4 is 5.91 Å². The minimum absolute atomic E-state index is 0.102. The highest BCUT2D eigenvalue weighted by Gasteiger charge is 2.40. The van der Waals surface area contributed by atoms with Gasteiger partial charge in [-0.05, 0) is 32.6 Å². The zero-order valence-corrected chi connectivity index (χ0v) is 10.1. The summed E-state index contributed by atoms with van der Waals surface area (Å²) in [5.74, 6) is 0.464. The molecule has 16 heavy (non-hydrogen) atoms. The van der Waals surface area contributed by atoms with E-state index >= 15 is 0 Å². The fourth-order valence-electron chi connectivity index (χ4n) is 2.78. The van der Waals surface area contributed by atoms with Crippen LogP contribution in [0, 0.1) is 5.92 Å². The average Bonchev–Trinajstić information content (AvgIpc) is 2.72. The molecule has 2 aliphatic rings. The highest BCUT2D eigenvalue weighted by atomic mass is 16.5. The standard InChI is InChI=1S/C12H22N2O2/c1-12(9-13)5-2-6-14(12)11(15)10-3-7-16-8-4-10/h10H,2-9,13H2,1H3. The van der Waals surface area contributed by atoms with Gasteiger partial charge in [-0.2, -0.15) is 0 Å². The van der Waals surface area contributed by atoms with E-state index in [1.54, 1.807) is 0 Å². The van der Waals surface area contributed by atoms with Gasteiger partial charge in [0.15, 0.2) is 0 Å². The zero-order chi connectivity index (χ0) is 11.6. The van der Waals surface area contributed by atoms with E-state index in [1.807, 2.05) is 4.90 Å². The molecule has 0 radical (unpaired) electrons. The van der Waals surface area contributed by atoms with Crippen molar-refractivity contribution in [1.29, 1.82) is 0 Å². The van der Waals surface area contributed by atoms with Crippen LogP contribution in [0.15, 0.2) is 0 Å². The number of carbonyl (C=O) groups excluding carboxylic acids is 1. The Morgan fingerprint density at radius 3 is 2.81 bits per heavy atom. The molecule has 1 unspecified atom stereocenters. The van der Waals surface area contributed by atoms with E-state index in [0.29, 0.717) is 12.5 Å². The molecule has 2 heterocycles. The van der Waals surface area contributed by atoms with Crippen LogP contribution in [0.4, 0.5) is 0 Å². The summed E-state index contributed by atoms with van der Waals surface area (Å²) in [5, 5.41) is 0. The van der Waals surface area contributed by atoms with E-state index < -0.39 is 0 Å². The van der Waals surface area contributed by atoms with Gasteiger partial charge >= 0.3 is 0 Å². The molecule has 0 aliphatic carbocycles. The Morgan fingerprint density at radius 2 is 2.19 bits per heavy atom. The topological polar surface area (TPSA) is 55.6 Å². The first-order valence-corrected chi connectivity index (χ1v) is 6.27. The van der Waals surface area contributed by atoms with Crippen molar-refractivity contribution < 1.29 is 9.53 Å². The molecule has 92 valence electrons. The summed E-state index contributed by atoms with van der Waals surface area (Å²) in [4.78, 5) is 14.4. The lowest BCUT2D eigenvalue weighted by Crippen LogP contribution is -2.52. The smallest absolute Gasteiger partial charge is 0.226 e. The normalized spacial score (nSPS) is 32.0. The summed E-state index contributed by atoms with van der Waals surface area (Å²) < 4.78 is 5.30. The summed E-state index contributed by atoms with van der Waals surface area (Å²) >= 11 is 0. The molecule has 2 saturated heterocycles. The van der Waals surface area contributed by atoms with Gasteiger partial charge in [0.2, 0.25) is 5.91 Å². The van der Waals surface area contributed by atoms with E-state index in [9.17, 15) is 4.79 Å². The van der Waals surface area contributed by atoms with E-state index in [1.165, 1.54) is 0 Å². The number of rotatable bonds is 2. The van der Waals surface area contributed by atoms with Gasteiger partial charge in [-0.25, -0.2) is 0 Å². The fraction of sp³-hybridized carbons (Fsp3) is 0.917. The van der Waals surface area contributed by atoms with Gasteiger partial charge in [0.1, 0.15) is 0 Å². The SMILES string of the molecule is CC1(CN)CCCN1C(=O)C1CCOCC1. The Kier molecular flexibility index (Phi) is 3.50. The fourth-order valence-corrected chi connectivity index (χ4v) is 2.78. The van der Waals surface area contributed by atoms with E-state index in [4.69, 9.17) is 10.5 Å². The Labute approximate surface area is 97.1 Å². The van der Waals surface area contributed by atoms with E-state index in [0.717, 1.165) is 45.4 Å². The molecule has 1 amide bonds. The maximum atomic E-state index is 12.4. The van der Waals surface area contributed by atoms with Gasteiger partial charge in [-0.1, -0.05) is 0 Å². The van der Waals surface area contributed by atoms with Crippen LogP contribution in [0.3, 0.4) is 0 Å². The monoisotopic (exact) mass is 226 g/mol. The molecule has 0 aromatic rings. The predicted molar refractivity (Wildman–Crippen MR) is 61.9 cm³/mol. The maximum Gasteiger partial charge on any atom is 0.226 e. The van der Waals surface area contributed by atoms with Crippen LogP contribution in [0.25, 0.3) is 0 Å². The molecule has 0 aromatic carbocycles. The Balaban J connectivity index is 2.03. The predicted octanol–water partition coefficient (Wildman–Crippen LogP) is 0.753. The Hall–Kier alpha value is -0.610. The quantitative estimate of drug-likeness (QED) is 0.756. The van der Waals surface area contributed by atoms with Crippen molar-refractivity contribution in [2.45, 2.75) is 38.1 Å². The molecule has 0 aromatic heterocycles. The third-order valence-corrected chi connectivity index (χ3v) is 4.03. The van der Waals surface area contributed by atoms with Crippen molar-refractivity contribution in [3.8, 4) is 0 Å². The molecular weight excluding hydrogens is 204 g/mol. The second kappa shape index (κ2) is 4.72. The third-order valence-electron chi connectivity index (χ3n) is 4.03. The number of amides is 1. The molecule has 0 bridgehead atoms. The highest BCUT2D eigenvalue weighted by molar-refractivity contribution is 5.80. The lowest BCUT2D eigenvalue weighted by atomic mass is 9.94. The van der Waals surface area contributed by atoms with E-state index in [-0.39, 0.29) is 11.5 Å². The second-order valence-corrected chi connectivity index (χ2v) is 5.18. The molecule has 0 spiro atoms. The Morgan fingerprint density at radius 1 is 1.50 bits per heavy atom. The zero-order valence-electron chi connectivity index (χ0n) is 10.1. The summed E-state index contributed by atoms with van der Waals surface area (Å²) in [6, 6.07) is 0. The summed E-state index contributed by atoms with van der Waals surface area (Å²) in [6.45, 7) is 5.01. The van der Waals surface area contributed by atoms with Gasteiger partial charge < -0.3 is 15.4 Å². The molecule has 2 fully saturated rings. The first kappa shape index (κ1) is 11.9. The van der Waals surface area contributed by atoms with Crippen LogP contribution in [-0.2, 0) is 9.53 Å². The first-order valence-electron chi connectivity index (χ1n) is 6.27. The summed E-state index contributed by atoms with van der Waals surface area (Å²) in [7, 11) is 0. The van der Waals surface area contributed by atoms with Crippen molar-refractivity contribution in [3.63, 3.8) is 0 Å². The third kappa shape index (κ3) is 2.09. The van der Waals surface area contributed by atoms with Gasteiger partial charge in [0.05, 0.1) is 5.54 Å². The van der Waals surface area contributed by atoms with Crippen LogP contribution >= 0.6 is 0 Å². The van der Waals surface area contributed by atoms with E-state index in [2.05, 4.69) is 6.92 Å². The minimum atomic E-state index is -0.102. The number of nitrogens with zero attached hydrogens (tertiary/aromatic N) is 1. The van der Waals surface area contributed by atoms with Crippen molar-refractivity contribution in [2.24, 2.45) is 11.7 Å². The molecule has 4 nitrogen and oxygen atoms in total. The minimum Gasteiger partial charge on any atom is -0.381 e. The molecule has 2 aliphatic heterocycles. The number of likely N-dealkylation sites (tertiary alicyclic amines) is 1. The molecule has 2 N–H and O–H groups in total. The van der Waals surface area contributed by atoms with Crippen molar-refractivity contribution in [3.05, 3.63) is 0 Å². The number of carbonyl (C=O) groups is 1. The van der Waals surface area contributed by atoms with Gasteiger partial charge in [0.25, 0.3) is 0 Å². The molecule has 2 rings (SSSR count). The number of ether oxygens (including phenoxy) is 1. The lowest BCUT2D eigenvalue weighted by Gasteiger charge is -2.37. The molecular formula is C12H22N2O2. The second-order valence-electron chi connectivity index (χ2n) is 5.18. The van der Waals surface area contributed by atoms with Crippen LogP contribution in [0.2, 0.25) is 0 Å². The highest BCUT2D eigenvalue weighted by Crippen LogP contribution is 2.31. The van der Waals surface area contributed by atoms with Crippen LogP contribution in [-0.4, -0.2) is 42.6 Å². The van der Waals surface area contributed by atoms with Gasteiger partial charge in [-0.3, -0.25) is 4.79 Å². The van der Waals surface area contributed by atoms with Crippen LogP contribution < -0.4 is 5.73 Å². The van der Waals surface area contributed by atoms with Crippen LogP contribution in [0.5, 0.6) is 0 Å². The first-order chi connectivity index (χ1) is 7.67. The van der Waals surface area contributed by atoms with Crippen molar-refractivity contribution in [1.82, 2.24) is 4.90 Å². The number of nitrogens with two attached hydrogens (primary N) is 1. The number of hydrogen-bond donors (Lipinski definition) is 1. The largest absolute Gasteiger partial charge is 0.381 e. The maximum absolute atomic E-state index is 12.4. The van der Waals surface area contributed by atoms with Crippen molar-refractivity contribution in [2.75, 3.05) is 26.3 Å². The van der Waals surface area contributed by atoms with Gasteiger partial charge in [-0.15, -0.1) is 0 Å². The lowest BCUT2D eigenvalue weighted by molar-refractivity contribution is -0.142. The molecule has 1 atom stereocenters. The van der Waals surface area contributed by atoms with Gasteiger partial charge in [0, 0.05) is 32.2 Å². The summed E-state index contributed by atoms with van der Waals surface area (Å²) in [6.07, 6.45) is 3.87. The summed E-state index contributed by atoms with van der Waals surface area (Å²) in [5.41, 5.74) is 5.71. The Bertz CT molecular complexity index is 264. The molecule has 4 heteroatoms. The molecule has 0 saturated carbocycles.